The first-order chi connectivity index (χ1) is 10.6. The molecule has 1 amide bonds. The van der Waals surface area contributed by atoms with Crippen molar-refractivity contribution in [1.29, 1.82) is 0 Å². The van der Waals surface area contributed by atoms with Crippen LogP contribution in [-0.2, 0) is 17.9 Å². The number of para-hydroxylation sites is 1. The zero-order valence-electron chi connectivity index (χ0n) is 13.1. The Morgan fingerprint density at radius 2 is 2.09 bits per heavy atom. The van der Waals surface area contributed by atoms with Crippen molar-refractivity contribution in [3.8, 4) is 11.5 Å². The van der Waals surface area contributed by atoms with Crippen LogP contribution in [0.3, 0.4) is 0 Å². The van der Waals surface area contributed by atoms with E-state index in [2.05, 4.69) is 15.5 Å². The van der Waals surface area contributed by atoms with Crippen molar-refractivity contribution in [1.82, 2.24) is 25.1 Å². The van der Waals surface area contributed by atoms with Gasteiger partial charge in [0.25, 0.3) is 0 Å². The van der Waals surface area contributed by atoms with Gasteiger partial charge in [-0.25, -0.2) is 4.68 Å². The van der Waals surface area contributed by atoms with E-state index in [0.29, 0.717) is 23.9 Å². The Balaban J connectivity index is 2.10. The molecule has 2 rings (SSSR count). The average molecular weight is 305 g/mol. The Morgan fingerprint density at radius 1 is 1.32 bits per heavy atom. The number of nitrogens with zero attached hydrogens (tertiary/aromatic N) is 5. The number of hydrogen-bond donors (Lipinski definition) is 0. The number of methoxy groups -OCH3 is 2. The highest BCUT2D eigenvalue weighted by Crippen LogP contribution is 2.31. The number of ether oxygens (including phenoxy) is 2. The number of rotatable bonds is 6. The van der Waals surface area contributed by atoms with Gasteiger partial charge in [0.2, 0.25) is 5.91 Å². The summed E-state index contributed by atoms with van der Waals surface area (Å²) in [7, 11) is 4.88. The topological polar surface area (TPSA) is 82.4 Å². The Morgan fingerprint density at radius 3 is 2.68 bits per heavy atom. The van der Waals surface area contributed by atoms with Crippen LogP contribution in [0, 0.1) is 6.92 Å². The Kier molecular flexibility index (Phi) is 4.92. The average Bonchev–Trinajstić information content (AvgIpc) is 2.91. The summed E-state index contributed by atoms with van der Waals surface area (Å²) >= 11 is 0. The van der Waals surface area contributed by atoms with Crippen molar-refractivity contribution in [2.75, 3.05) is 21.3 Å². The van der Waals surface area contributed by atoms with Gasteiger partial charge in [0.15, 0.2) is 11.5 Å². The molecule has 0 fully saturated rings. The molecule has 2 aromatic rings. The lowest BCUT2D eigenvalue weighted by atomic mass is 10.1. The zero-order valence-corrected chi connectivity index (χ0v) is 13.1. The second-order valence-corrected chi connectivity index (χ2v) is 4.79. The molecule has 0 radical (unpaired) electrons. The third-order valence-electron chi connectivity index (χ3n) is 3.31. The number of aryl methyl sites for hydroxylation is 1. The van der Waals surface area contributed by atoms with Gasteiger partial charge in [0.05, 0.1) is 14.2 Å². The molecule has 1 aromatic carbocycles. The van der Waals surface area contributed by atoms with Crippen molar-refractivity contribution < 1.29 is 14.3 Å². The maximum absolute atomic E-state index is 12.3. The van der Waals surface area contributed by atoms with E-state index in [1.54, 1.807) is 33.1 Å². The van der Waals surface area contributed by atoms with Crippen LogP contribution in [0.15, 0.2) is 18.2 Å². The minimum atomic E-state index is -0.0970. The van der Waals surface area contributed by atoms with Crippen molar-refractivity contribution in [2.45, 2.75) is 20.0 Å². The van der Waals surface area contributed by atoms with E-state index < -0.39 is 0 Å². The molecule has 0 aliphatic heterocycles. The maximum Gasteiger partial charge on any atom is 0.244 e. The molecule has 1 heterocycles. The number of tetrazole rings is 1. The highest BCUT2D eigenvalue weighted by molar-refractivity contribution is 5.75. The number of aromatic nitrogens is 4. The van der Waals surface area contributed by atoms with Gasteiger partial charge >= 0.3 is 0 Å². The van der Waals surface area contributed by atoms with Crippen molar-refractivity contribution in [3.63, 3.8) is 0 Å². The number of benzene rings is 1. The summed E-state index contributed by atoms with van der Waals surface area (Å²) in [6.07, 6.45) is 0. The zero-order chi connectivity index (χ0) is 16.1. The molecule has 1 aromatic heterocycles. The van der Waals surface area contributed by atoms with E-state index in [9.17, 15) is 4.79 Å². The second kappa shape index (κ2) is 6.88. The largest absolute Gasteiger partial charge is 0.493 e. The Labute approximate surface area is 128 Å². The van der Waals surface area contributed by atoms with Crippen molar-refractivity contribution >= 4 is 5.91 Å². The molecule has 118 valence electrons. The number of amides is 1. The minimum Gasteiger partial charge on any atom is -0.493 e. The lowest BCUT2D eigenvalue weighted by molar-refractivity contribution is -0.131. The van der Waals surface area contributed by atoms with Crippen LogP contribution in [0.5, 0.6) is 11.5 Å². The third kappa shape index (κ3) is 3.33. The van der Waals surface area contributed by atoms with Crippen LogP contribution in [0.2, 0.25) is 0 Å². The second-order valence-electron chi connectivity index (χ2n) is 4.79. The third-order valence-corrected chi connectivity index (χ3v) is 3.31. The van der Waals surface area contributed by atoms with E-state index in [0.717, 1.165) is 5.56 Å². The summed E-state index contributed by atoms with van der Waals surface area (Å²) in [5, 5.41) is 11.1. The maximum atomic E-state index is 12.3. The van der Waals surface area contributed by atoms with Gasteiger partial charge in [0.1, 0.15) is 12.4 Å². The van der Waals surface area contributed by atoms with E-state index in [4.69, 9.17) is 9.47 Å². The molecule has 0 saturated heterocycles. The Hall–Kier alpha value is -2.64. The first kappa shape index (κ1) is 15.7. The summed E-state index contributed by atoms with van der Waals surface area (Å²) in [6.45, 7) is 2.25. The molecule has 0 saturated carbocycles. The molecule has 0 bridgehead atoms. The SMILES string of the molecule is COc1cccc(CN(C)C(=O)Cn2nnnc2C)c1OC. The summed E-state index contributed by atoms with van der Waals surface area (Å²) < 4.78 is 12.1. The molecular formula is C14H19N5O3. The fourth-order valence-electron chi connectivity index (χ4n) is 2.07. The summed E-state index contributed by atoms with van der Waals surface area (Å²) in [5.41, 5.74) is 0.867. The van der Waals surface area contributed by atoms with Gasteiger partial charge < -0.3 is 14.4 Å². The molecule has 8 nitrogen and oxygen atoms in total. The molecule has 0 atom stereocenters. The van der Waals surface area contributed by atoms with Gasteiger partial charge in [-0.15, -0.1) is 5.10 Å². The molecular weight excluding hydrogens is 286 g/mol. The smallest absolute Gasteiger partial charge is 0.244 e. The minimum absolute atomic E-state index is 0.0970. The number of hydrogen-bond acceptors (Lipinski definition) is 6. The number of carbonyl (C=O) groups is 1. The van der Waals surface area contributed by atoms with Crippen LogP contribution < -0.4 is 9.47 Å². The summed E-state index contributed by atoms with van der Waals surface area (Å²) in [4.78, 5) is 13.9. The lowest BCUT2D eigenvalue weighted by Gasteiger charge is -2.20. The van der Waals surface area contributed by atoms with Gasteiger partial charge in [-0.3, -0.25) is 4.79 Å². The molecule has 0 aliphatic carbocycles. The van der Waals surface area contributed by atoms with Crippen LogP contribution in [-0.4, -0.2) is 52.3 Å². The van der Waals surface area contributed by atoms with Crippen molar-refractivity contribution in [3.05, 3.63) is 29.6 Å². The Bertz CT molecular complexity index is 656. The molecule has 0 aliphatic rings. The fourth-order valence-corrected chi connectivity index (χ4v) is 2.07. The van der Waals surface area contributed by atoms with Gasteiger partial charge in [-0.05, 0) is 23.4 Å². The van der Waals surface area contributed by atoms with E-state index in [1.165, 1.54) is 4.68 Å². The van der Waals surface area contributed by atoms with Gasteiger partial charge in [-0.1, -0.05) is 12.1 Å². The first-order valence-electron chi connectivity index (χ1n) is 6.73. The van der Waals surface area contributed by atoms with E-state index in [-0.39, 0.29) is 12.5 Å². The van der Waals surface area contributed by atoms with E-state index >= 15 is 0 Å². The quantitative estimate of drug-likeness (QED) is 0.779. The number of carbonyl (C=O) groups excluding carboxylic acids is 1. The highest BCUT2D eigenvalue weighted by Gasteiger charge is 2.16. The summed E-state index contributed by atoms with van der Waals surface area (Å²) in [5.74, 6) is 1.77. The fraction of sp³-hybridized carbons (Fsp3) is 0.429. The predicted octanol–water partition coefficient (Wildman–Crippen LogP) is 0.657. The van der Waals surface area contributed by atoms with Gasteiger partial charge in [-0.2, -0.15) is 0 Å². The van der Waals surface area contributed by atoms with Crippen LogP contribution in [0.25, 0.3) is 0 Å². The van der Waals surface area contributed by atoms with Crippen LogP contribution in [0.1, 0.15) is 11.4 Å². The van der Waals surface area contributed by atoms with Crippen LogP contribution >= 0.6 is 0 Å². The molecule has 0 N–H and O–H groups in total. The predicted molar refractivity (Wildman–Crippen MR) is 78.6 cm³/mol. The number of likely N-dealkylation sites (N-methyl/N-ethyl adjacent to an activating group) is 1. The van der Waals surface area contributed by atoms with E-state index in [1.807, 2.05) is 18.2 Å². The lowest BCUT2D eigenvalue weighted by Crippen LogP contribution is -2.30. The standard InChI is InChI=1S/C14H19N5O3/c1-10-15-16-17-19(10)9-13(20)18(2)8-11-6-5-7-12(21-3)14(11)22-4/h5-7H,8-9H2,1-4H3. The molecule has 8 heteroatoms. The molecule has 0 spiro atoms. The normalized spacial score (nSPS) is 10.4. The van der Waals surface area contributed by atoms with Crippen molar-refractivity contribution in [2.24, 2.45) is 0 Å². The van der Waals surface area contributed by atoms with Crippen LogP contribution in [0.4, 0.5) is 0 Å². The first-order valence-corrected chi connectivity index (χ1v) is 6.73. The summed E-state index contributed by atoms with van der Waals surface area (Å²) in [6, 6.07) is 5.57. The monoisotopic (exact) mass is 305 g/mol. The molecule has 0 unspecified atom stereocenters. The van der Waals surface area contributed by atoms with Gasteiger partial charge in [0, 0.05) is 19.2 Å². The molecule has 22 heavy (non-hydrogen) atoms. The highest BCUT2D eigenvalue weighted by atomic mass is 16.5.